The van der Waals surface area contributed by atoms with E-state index < -0.39 is 178 Å². The monoisotopic (exact) mass is 1770 g/mol. The summed E-state index contributed by atoms with van der Waals surface area (Å²) in [5.74, 6) is -33.2. The van der Waals surface area contributed by atoms with E-state index in [0.717, 1.165) is 54.6 Å². The molecule has 12 aromatic carbocycles. The largest absolute Gasteiger partial charge is 0.268 e. The Balaban J connectivity index is 0.000000197. The van der Waals surface area contributed by atoms with Crippen molar-refractivity contribution in [3.8, 4) is 93.1 Å². The summed E-state index contributed by atoms with van der Waals surface area (Å²) in [6.45, 7) is 55.3. The smallest absolute Gasteiger partial charge is 0.232 e. The third kappa shape index (κ3) is 18.6. The topological polar surface area (TPSA) is 225 Å². The van der Waals surface area contributed by atoms with E-state index in [2.05, 4.69) is 38.8 Å². The Morgan fingerprint density at radius 3 is 0.725 bits per heavy atom. The second-order valence-electron chi connectivity index (χ2n) is 25.5. The molecule has 626 valence electrons. The average Bonchev–Trinajstić information content (AvgIpc) is 0.770. The van der Waals surface area contributed by atoms with E-state index in [0.29, 0.717) is 5.56 Å². The van der Waals surface area contributed by atoms with Crippen LogP contribution in [-0.2, 0) is 0 Å². The maximum Gasteiger partial charge on any atom is 0.268 e. The zero-order valence-corrected chi connectivity index (χ0v) is 64.6. The van der Waals surface area contributed by atoms with Crippen molar-refractivity contribution in [2.45, 2.75) is 0 Å². The molecule has 0 fully saturated rings. The molecule has 0 spiro atoms. The highest BCUT2D eigenvalue weighted by atomic mass is 19.2. The van der Waals surface area contributed by atoms with Gasteiger partial charge in [-0.1, -0.05) is 146 Å². The van der Waals surface area contributed by atoms with Crippen LogP contribution in [0.5, 0.6) is 0 Å². The fraction of sp³-hybridized carbons (Fsp3) is 0. The molecule has 0 N–H and O–H groups in total. The molecule has 12 aromatic rings. The minimum absolute atomic E-state index is 0.0217. The first-order valence-electron chi connectivity index (χ1n) is 35.3. The second-order valence-corrected chi connectivity index (χ2v) is 25.5. The zero-order chi connectivity index (χ0) is 96.3. The summed E-state index contributed by atoms with van der Waals surface area (Å²) in [5, 5.41) is 74.8. The van der Waals surface area contributed by atoms with Gasteiger partial charge in [0.05, 0.1) is 121 Å². The molecule has 0 aromatic heterocycles. The van der Waals surface area contributed by atoms with Gasteiger partial charge in [-0.25, -0.2) is 143 Å². The molecule has 131 heavy (non-hydrogen) atoms. The Morgan fingerprint density at radius 1 is 0.214 bits per heavy atom. The van der Waals surface area contributed by atoms with Crippen LogP contribution in [0.15, 0.2) is 176 Å². The highest BCUT2D eigenvalue weighted by molar-refractivity contribution is 5.88. The first-order valence-corrected chi connectivity index (χ1v) is 35.3. The van der Waals surface area contributed by atoms with Gasteiger partial charge < -0.3 is 0 Å². The van der Waals surface area contributed by atoms with E-state index in [1.807, 2.05) is 0 Å². The molecule has 0 amide bonds. The van der Waals surface area contributed by atoms with Crippen LogP contribution >= 0.6 is 0 Å². The van der Waals surface area contributed by atoms with E-state index in [1.165, 1.54) is 109 Å². The van der Waals surface area contributed by atoms with Crippen molar-refractivity contribution >= 4 is 67.8 Å². The van der Waals surface area contributed by atoms with E-state index in [9.17, 15) is 104 Å². The number of halogens is 19. The number of nitrogens with zero attached hydrogens (tertiary/aromatic N) is 16. The fourth-order valence-corrected chi connectivity index (χ4v) is 12.5. The number of hydrogen-bond acceptors (Lipinski definition) is 8. The molecule has 0 radical (unpaired) electrons. The Kier molecular flexibility index (Phi) is 30.0. The summed E-state index contributed by atoms with van der Waals surface area (Å²) < 4.78 is 273. The molecule has 35 heteroatoms. The first kappa shape index (κ1) is 95.0. The lowest BCUT2D eigenvalue weighted by atomic mass is 9.94. The second kappa shape index (κ2) is 41.3. The van der Waals surface area contributed by atoms with Gasteiger partial charge in [0.1, 0.15) is 41.7 Å². The third-order valence-electron chi connectivity index (χ3n) is 18.5. The van der Waals surface area contributed by atoms with Crippen molar-refractivity contribution in [2.24, 2.45) is 0 Å². The van der Waals surface area contributed by atoms with Crippen LogP contribution in [-0.4, -0.2) is 0 Å². The zero-order valence-electron chi connectivity index (χ0n) is 64.6. The molecule has 0 saturated heterocycles. The fourth-order valence-electron chi connectivity index (χ4n) is 12.5. The normalized spacial score (nSPS) is 12.0. The van der Waals surface area contributed by atoms with E-state index in [1.54, 1.807) is 60.7 Å². The molecular weight excluding hydrogens is 1740 g/mol. The van der Waals surface area contributed by atoms with E-state index in [-0.39, 0.29) is 103 Å². The molecule has 0 saturated carbocycles. The number of benzene rings is 12. The van der Waals surface area contributed by atoms with E-state index in [4.69, 9.17) is 73.6 Å². The predicted molar refractivity (Wildman–Crippen MR) is 430 cm³/mol. The van der Waals surface area contributed by atoms with Crippen molar-refractivity contribution in [3.05, 3.63) is 442 Å². The van der Waals surface area contributed by atoms with Gasteiger partial charge in [0.25, 0.3) is 45.5 Å². The lowest BCUT2D eigenvalue weighted by Gasteiger charge is -2.11. The summed E-state index contributed by atoms with van der Waals surface area (Å²) >= 11 is 0. The molecule has 0 aliphatic rings. The molecule has 0 heterocycles. The maximum atomic E-state index is 14.7. The maximum absolute atomic E-state index is 14.7. The molecule has 12 rings (SSSR count). The van der Waals surface area contributed by atoms with Crippen LogP contribution in [0.4, 0.5) is 106 Å². The van der Waals surface area contributed by atoms with E-state index >= 15 is 0 Å². The molecule has 0 bridgehead atoms. The Hall–Kier alpha value is -19.9. The van der Waals surface area contributed by atoms with Crippen LogP contribution in [0.1, 0.15) is 22.3 Å². The highest BCUT2D eigenvalue weighted by Crippen LogP contribution is 2.39. The van der Waals surface area contributed by atoms with Gasteiger partial charge in [-0.2, -0.15) is 21.0 Å². The van der Waals surface area contributed by atoms with Crippen molar-refractivity contribution < 1.29 is 83.4 Å². The molecule has 0 aliphatic carbocycles. The lowest BCUT2D eigenvalue weighted by Crippen LogP contribution is -2.18. The Labute approximate surface area is 724 Å². The summed E-state index contributed by atoms with van der Waals surface area (Å²) in [6.07, 6.45) is 0. The lowest BCUT2D eigenvalue weighted by molar-refractivity contribution is 0.457. The third-order valence-corrected chi connectivity index (χ3v) is 18.5. The van der Waals surface area contributed by atoms with Crippen LogP contribution in [0, 0.1) is 254 Å². The number of nitriles is 8. The molecule has 0 unspecified atom stereocenters. The van der Waals surface area contributed by atoms with Crippen molar-refractivity contribution in [3.63, 3.8) is 0 Å². The number of hydrogen-bond donors (Lipinski definition) is 0. The van der Waals surface area contributed by atoms with Gasteiger partial charge in [-0.15, -0.1) is 0 Å². The first-order chi connectivity index (χ1) is 62.7. The quantitative estimate of drug-likeness (QED) is 0.0806. The van der Waals surface area contributed by atoms with Crippen molar-refractivity contribution in [1.82, 2.24) is 0 Å². The summed E-state index contributed by atoms with van der Waals surface area (Å²) in [6, 6.07) is 50.1. The summed E-state index contributed by atoms with van der Waals surface area (Å²) in [7, 11) is 0. The predicted octanol–water partition coefficient (Wildman–Crippen LogP) is 19.4. The Morgan fingerprint density at radius 2 is 0.466 bits per heavy atom. The summed E-state index contributed by atoms with van der Waals surface area (Å²) in [5.41, 5.74) is -15.2. The van der Waals surface area contributed by atoms with Gasteiger partial charge in [-0.3, -0.25) is 0 Å². The van der Waals surface area contributed by atoms with Gasteiger partial charge in [-0.05, 0) is 90.2 Å². The summed E-state index contributed by atoms with van der Waals surface area (Å²) in [4.78, 5) is 22.1. The van der Waals surface area contributed by atoms with Crippen LogP contribution in [0.25, 0.3) is 128 Å². The van der Waals surface area contributed by atoms with Crippen LogP contribution in [0.3, 0.4) is 0 Å². The van der Waals surface area contributed by atoms with Crippen LogP contribution in [0.2, 0.25) is 0 Å². The molecule has 0 aliphatic heterocycles. The SMILES string of the molecule is [C-]#[N+]/C(C#N)=c1\cc/c(=C(/C#N)c2c(F)c(F)c([N+]#[C-])c(F)c2F)c(-c2ccc(F)cc2)c1.[C-]#[N+]/C(C#N)=c1\cc/c(=C(/C#N)c2c(F)c(F)c([N+]#[C-])c(F)c2F)c(-c2cccc(F)c2)c1.[C-]#[N+]/C(C#N)=c1\cc/c(=C(/C#N)c2c(F)c(F)c([N+]#[C-])c(F)c2F)c(-c2ccccc2)c1.[C-]#[N+]/C(C#N)=c1\cc/c(=C(/C#N)c2c(F)c(F)c([N+]#[C-])c(F)c2F)c(-c2ccccc2F)c1. The van der Waals surface area contributed by atoms with Gasteiger partial charge in [0, 0.05) is 26.4 Å². The standard InChI is InChI=1S/3C24H7F5N4.C24H8F4N4/c1-32-18(11-31)13-5-8-15(16(9-13)12-3-6-14(25)7-4-12)17(10-30)19-20(26)22(28)24(33-2)23(29)21(19)27;1-32-18(11-31)13-6-7-15(16(9-13)12-4-3-5-14(25)8-12)17(10-30)19-20(26)22(28)24(33-2)23(29)21(19)27;1-32-18(11-31)12-7-8-13(15(9-12)14-5-3-4-6-17(14)25)16(10-30)19-20(26)22(28)24(33-2)23(29)21(19)27;1-31-18(12-30)14-8-9-15(16(10-14)13-6-4-3-5-7-13)17(11-29)19-20(25)22(27)24(32-2)23(28)21(19)26/h3*3-9H;3-10H/b2*17-15+,18-13+;16-13+,18-12+;17-15+,18-14+. The highest BCUT2D eigenvalue weighted by Gasteiger charge is 2.34. The van der Waals surface area contributed by atoms with Crippen LogP contribution < -0.4 is 41.7 Å². The minimum Gasteiger partial charge on any atom is -0.232 e. The minimum atomic E-state index is -1.98. The molecule has 16 nitrogen and oxygen atoms in total. The Bertz CT molecular complexity index is 8130. The van der Waals surface area contributed by atoms with Gasteiger partial charge in [0.2, 0.25) is 0 Å². The average molecular weight is 1770 g/mol. The van der Waals surface area contributed by atoms with Crippen molar-refractivity contribution in [2.75, 3.05) is 0 Å². The molecule has 0 atom stereocenters. The van der Waals surface area contributed by atoms with Crippen molar-refractivity contribution in [1.29, 1.82) is 42.1 Å². The van der Waals surface area contributed by atoms with Gasteiger partial charge in [0.15, 0.2) is 93.1 Å². The molecular formula is C96H29F19N16. The number of rotatable bonds is 8. The van der Waals surface area contributed by atoms with Gasteiger partial charge >= 0.3 is 0 Å².